The Kier molecular flexibility index (Phi) is 3.31. The number of halogens is 1. The molecule has 0 radical (unpaired) electrons. The summed E-state index contributed by atoms with van der Waals surface area (Å²) >= 11 is 11.6. The minimum absolute atomic E-state index is 0.619. The molecule has 0 spiro atoms. The molecule has 3 rings (SSSR count). The van der Waals surface area contributed by atoms with Gasteiger partial charge in [-0.3, -0.25) is 0 Å². The van der Waals surface area contributed by atoms with Gasteiger partial charge in [-0.1, -0.05) is 29.8 Å². The SMILES string of the molecule is N#Cc1ccc(Cn2c(=S)[nH]c3cccc(Cl)c32)cc1. The minimum Gasteiger partial charge on any atom is -0.331 e. The van der Waals surface area contributed by atoms with Crippen molar-refractivity contribution >= 4 is 34.9 Å². The van der Waals surface area contributed by atoms with E-state index in [0.29, 0.717) is 21.9 Å². The van der Waals surface area contributed by atoms with Crippen LogP contribution in [0, 0.1) is 16.1 Å². The Morgan fingerprint density at radius 1 is 1.20 bits per heavy atom. The predicted molar refractivity (Wildman–Crippen MR) is 82.4 cm³/mol. The van der Waals surface area contributed by atoms with Gasteiger partial charge in [0.2, 0.25) is 0 Å². The summed E-state index contributed by atoms with van der Waals surface area (Å²) in [5, 5.41) is 9.48. The standard InChI is InChI=1S/C15H10ClN3S/c16-12-2-1-3-13-14(12)19(15(20)18-13)9-11-6-4-10(8-17)5-7-11/h1-7H,9H2,(H,18,20). The highest BCUT2D eigenvalue weighted by molar-refractivity contribution is 7.71. The molecule has 0 aliphatic carbocycles. The monoisotopic (exact) mass is 299 g/mol. The number of H-pyrrole nitrogens is 1. The molecule has 1 N–H and O–H groups in total. The molecule has 20 heavy (non-hydrogen) atoms. The van der Waals surface area contributed by atoms with Gasteiger partial charge in [-0.05, 0) is 42.0 Å². The zero-order chi connectivity index (χ0) is 14.1. The molecule has 2 aromatic carbocycles. The second-order valence-electron chi connectivity index (χ2n) is 4.46. The van der Waals surface area contributed by atoms with Gasteiger partial charge in [-0.15, -0.1) is 0 Å². The summed E-state index contributed by atoms with van der Waals surface area (Å²) < 4.78 is 2.60. The molecule has 0 aliphatic heterocycles. The fourth-order valence-electron chi connectivity index (χ4n) is 2.19. The Labute approximate surface area is 126 Å². The summed E-state index contributed by atoms with van der Waals surface area (Å²) in [5.74, 6) is 0. The van der Waals surface area contributed by atoms with Crippen LogP contribution >= 0.6 is 23.8 Å². The van der Waals surface area contributed by atoms with Crippen molar-refractivity contribution in [2.75, 3.05) is 0 Å². The van der Waals surface area contributed by atoms with Crippen molar-refractivity contribution in [1.29, 1.82) is 5.26 Å². The zero-order valence-corrected chi connectivity index (χ0v) is 12.0. The van der Waals surface area contributed by atoms with Crippen molar-refractivity contribution in [1.82, 2.24) is 9.55 Å². The number of para-hydroxylation sites is 1. The third-order valence-electron chi connectivity index (χ3n) is 3.17. The van der Waals surface area contributed by atoms with E-state index in [1.807, 2.05) is 34.9 Å². The van der Waals surface area contributed by atoms with Crippen LogP contribution in [0.15, 0.2) is 42.5 Å². The van der Waals surface area contributed by atoms with Crippen LogP contribution < -0.4 is 0 Å². The maximum atomic E-state index is 8.81. The molecule has 0 fully saturated rings. The Hall–Kier alpha value is -2.09. The molecule has 0 amide bonds. The molecular weight excluding hydrogens is 290 g/mol. The number of rotatable bonds is 2. The van der Waals surface area contributed by atoms with Gasteiger partial charge in [0.05, 0.1) is 34.2 Å². The first-order chi connectivity index (χ1) is 9.69. The lowest BCUT2D eigenvalue weighted by molar-refractivity contribution is 0.810. The third kappa shape index (κ3) is 2.22. The average molecular weight is 300 g/mol. The van der Waals surface area contributed by atoms with Gasteiger partial charge in [0, 0.05) is 0 Å². The Bertz CT molecular complexity index is 869. The lowest BCUT2D eigenvalue weighted by atomic mass is 10.1. The van der Waals surface area contributed by atoms with E-state index < -0.39 is 0 Å². The molecule has 3 nitrogen and oxygen atoms in total. The number of hydrogen-bond donors (Lipinski definition) is 1. The van der Waals surface area contributed by atoms with Crippen LogP contribution in [-0.4, -0.2) is 9.55 Å². The molecule has 0 aliphatic rings. The highest BCUT2D eigenvalue weighted by Crippen LogP contribution is 2.24. The van der Waals surface area contributed by atoms with Crippen LogP contribution in [0.4, 0.5) is 0 Å². The smallest absolute Gasteiger partial charge is 0.178 e. The first-order valence-corrected chi connectivity index (χ1v) is 6.84. The minimum atomic E-state index is 0.619. The number of fused-ring (bicyclic) bond motifs is 1. The van der Waals surface area contributed by atoms with E-state index in [2.05, 4.69) is 11.1 Å². The van der Waals surface area contributed by atoms with E-state index in [1.165, 1.54) is 0 Å². The number of imidazole rings is 1. The first-order valence-electron chi connectivity index (χ1n) is 6.05. The number of aromatic amines is 1. The Morgan fingerprint density at radius 2 is 1.95 bits per heavy atom. The number of nitriles is 1. The van der Waals surface area contributed by atoms with E-state index in [9.17, 15) is 0 Å². The average Bonchev–Trinajstić information content (AvgIpc) is 2.77. The third-order valence-corrected chi connectivity index (χ3v) is 3.79. The van der Waals surface area contributed by atoms with Crippen molar-refractivity contribution in [2.24, 2.45) is 0 Å². The number of nitrogens with one attached hydrogen (secondary N) is 1. The van der Waals surface area contributed by atoms with Gasteiger partial charge in [0.1, 0.15) is 0 Å². The molecule has 1 heterocycles. The Balaban J connectivity index is 2.08. The summed E-state index contributed by atoms with van der Waals surface area (Å²) in [5.41, 5.74) is 3.55. The van der Waals surface area contributed by atoms with E-state index in [4.69, 9.17) is 29.1 Å². The van der Waals surface area contributed by atoms with E-state index >= 15 is 0 Å². The molecule has 0 saturated carbocycles. The van der Waals surface area contributed by atoms with Crippen LogP contribution in [0.5, 0.6) is 0 Å². The van der Waals surface area contributed by atoms with Crippen molar-refractivity contribution in [2.45, 2.75) is 6.54 Å². The van der Waals surface area contributed by atoms with Gasteiger partial charge in [0.15, 0.2) is 4.77 Å². The van der Waals surface area contributed by atoms with Crippen molar-refractivity contribution in [3.63, 3.8) is 0 Å². The molecule has 0 bridgehead atoms. The van der Waals surface area contributed by atoms with Crippen LogP contribution in [0.25, 0.3) is 11.0 Å². The van der Waals surface area contributed by atoms with Crippen molar-refractivity contribution in [3.05, 3.63) is 63.4 Å². The highest BCUT2D eigenvalue weighted by atomic mass is 35.5. The van der Waals surface area contributed by atoms with Gasteiger partial charge in [0.25, 0.3) is 0 Å². The molecular formula is C15H10ClN3S. The summed E-state index contributed by atoms with van der Waals surface area (Å²) in [6.45, 7) is 0.619. The lowest BCUT2D eigenvalue weighted by Crippen LogP contribution is -2.00. The summed E-state index contributed by atoms with van der Waals surface area (Å²) in [4.78, 5) is 3.15. The number of hydrogen-bond acceptors (Lipinski definition) is 2. The summed E-state index contributed by atoms with van der Waals surface area (Å²) in [6, 6.07) is 15.3. The number of nitrogens with zero attached hydrogens (tertiary/aromatic N) is 2. The fourth-order valence-corrected chi connectivity index (χ4v) is 2.74. The number of aromatic nitrogens is 2. The molecule has 3 aromatic rings. The highest BCUT2D eigenvalue weighted by Gasteiger charge is 2.08. The molecule has 98 valence electrons. The van der Waals surface area contributed by atoms with Gasteiger partial charge in [-0.2, -0.15) is 5.26 Å². The topological polar surface area (TPSA) is 44.5 Å². The molecule has 0 unspecified atom stereocenters. The van der Waals surface area contributed by atoms with Crippen LogP contribution in [0.2, 0.25) is 5.02 Å². The zero-order valence-electron chi connectivity index (χ0n) is 10.4. The maximum absolute atomic E-state index is 8.81. The van der Waals surface area contributed by atoms with Crippen molar-refractivity contribution < 1.29 is 0 Å². The van der Waals surface area contributed by atoms with E-state index in [1.54, 1.807) is 12.1 Å². The molecule has 1 aromatic heterocycles. The van der Waals surface area contributed by atoms with Crippen LogP contribution in [0.3, 0.4) is 0 Å². The van der Waals surface area contributed by atoms with Gasteiger partial charge >= 0.3 is 0 Å². The second kappa shape index (κ2) is 5.12. The quantitative estimate of drug-likeness (QED) is 0.718. The van der Waals surface area contributed by atoms with E-state index in [-0.39, 0.29) is 0 Å². The lowest BCUT2D eigenvalue weighted by Gasteiger charge is -2.06. The van der Waals surface area contributed by atoms with Gasteiger partial charge < -0.3 is 9.55 Å². The first kappa shape index (κ1) is 12.9. The number of benzene rings is 2. The Morgan fingerprint density at radius 3 is 2.65 bits per heavy atom. The predicted octanol–water partition coefficient (Wildman–Crippen LogP) is 4.27. The molecule has 5 heteroatoms. The molecule has 0 saturated heterocycles. The second-order valence-corrected chi connectivity index (χ2v) is 5.25. The normalized spacial score (nSPS) is 10.6. The largest absolute Gasteiger partial charge is 0.331 e. The fraction of sp³-hybridized carbons (Fsp3) is 0.0667. The van der Waals surface area contributed by atoms with Gasteiger partial charge in [-0.25, -0.2) is 0 Å². The summed E-state index contributed by atoms with van der Waals surface area (Å²) in [6.07, 6.45) is 0. The van der Waals surface area contributed by atoms with Crippen LogP contribution in [0.1, 0.15) is 11.1 Å². The van der Waals surface area contributed by atoms with Crippen LogP contribution in [-0.2, 0) is 6.54 Å². The molecule has 0 atom stereocenters. The maximum Gasteiger partial charge on any atom is 0.178 e. The van der Waals surface area contributed by atoms with Crippen molar-refractivity contribution in [3.8, 4) is 6.07 Å². The summed E-state index contributed by atoms with van der Waals surface area (Å²) in [7, 11) is 0. The van der Waals surface area contributed by atoms with E-state index in [0.717, 1.165) is 16.6 Å².